The van der Waals surface area contributed by atoms with Gasteiger partial charge < -0.3 is 5.11 Å². The van der Waals surface area contributed by atoms with Crippen molar-refractivity contribution >= 4 is 11.3 Å². The van der Waals surface area contributed by atoms with E-state index in [1.807, 2.05) is 0 Å². The Kier molecular flexibility index (Phi) is 2.67. The van der Waals surface area contributed by atoms with Gasteiger partial charge in [-0.2, -0.15) is 0 Å². The monoisotopic (exact) mass is 210 g/mol. The molecule has 78 valence electrons. The van der Waals surface area contributed by atoms with E-state index in [4.69, 9.17) is 0 Å². The zero-order valence-electron chi connectivity index (χ0n) is 8.92. The van der Waals surface area contributed by atoms with Gasteiger partial charge in [-0.15, -0.1) is 11.3 Å². The number of hydrogen-bond acceptors (Lipinski definition) is 2. The van der Waals surface area contributed by atoms with Crippen LogP contribution >= 0.6 is 11.3 Å². The molecule has 1 aliphatic rings. The first kappa shape index (κ1) is 10.2. The minimum absolute atomic E-state index is 0.449. The first-order chi connectivity index (χ1) is 6.72. The number of hydrogen-bond donors (Lipinski definition) is 1. The van der Waals surface area contributed by atoms with Crippen molar-refractivity contribution in [3.8, 4) is 0 Å². The normalized spacial score (nSPS) is 30.6. The third-order valence-corrected chi connectivity index (χ3v) is 4.35. The Balaban J connectivity index is 2.16. The summed E-state index contributed by atoms with van der Waals surface area (Å²) >= 11 is 1.72. The Morgan fingerprint density at radius 2 is 2.36 bits per heavy atom. The highest BCUT2D eigenvalue weighted by Gasteiger charge is 2.54. The molecule has 0 radical (unpaired) electrons. The van der Waals surface area contributed by atoms with Crippen molar-refractivity contribution in [2.75, 3.05) is 0 Å². The zero-order chi connectivity index (χ0) is 10.2. The lowest BCUT2D eigenvalue weighted by Gasteiger charge is -2.10. The smallest absolute Gasteiger partial charge is 0.102 e. The van der Waals surface area contributed by atoms with Gasteiger partial charge in [0, 0.05) is 4.88 Å². The number of thiophene rings is 1. The van der Waals surface area contributed by atoms with Crippen molar-refractivity contribution in [3.63, 3.8) is 0 Å². The average molecular weight is 210 g/mol. The first-order valence-electron chi connectivity index (χ1n) is 5.51. The van der Waals surface area contributed by atoms with Gasteiger partial charge in [0.1, 0.15) is 5.60 Å². The number of aryl methyl sites for hydroxylation is 1. The van der Waals surface area contributed by atoms with E-state index in [1.165, 1.54) is 16.9 Å². The van der Waals surface area contributed by atoms with Crippen LogP contribution in [0.25, 0.3) is 0 Å². The van der Waals surface area contributed by atoms with E-state index in [0.29, 0.717) is 5.92 Å². The molecule has 1 aliphatic carbocycles. The van der Waals surface area contributed by atoms with Gasteiger partial charge in [-0.3, -0.25) is 0 Å². The van der Waals surface area contributed by atoms with E-state index in [1.54, 1.807) is 11.3 Å². The van der Waals surface area contributed by atoms with Gasteiger partial charge in [0.05, 0.1) is 0 Å². The van der Waals surface area contributed by atoms with E-state index in [0.717, 1.165) is 19.3 Å². The van der Waals surface area contributed by atoms with Crippen LogP contribution in [0.2, 0.25) is 0 Å². The van der Waals surface area contributed by atoms with Gasteiger partial charge in [-0.25, -0.2) is 0 Å². The molecule has 1 fully saturated rings. The topological polar surface area (TPSA) is 20.2 Å². The highest BCUT2D eigenvalue weighted by molar-refractivity contribution is 7.10. The summed E-state index contributed by atoms with van der Waals surface area (Å²) in [6.07, 6.45) is 4.37. The Hall–Kier alpha value is -0.340. The predicted molar refractivity (Wildman–Crippen MR) is 60.6 cm³/mol. The quantitative estimate of drug-likeness (QED) is 0.808. The van der Waals surface area contributed by atoms with Gasteiger partial charge in [0.15, 0.2) is 0 Å². The van der Waals surface area contributed by atoms with Crippen LogP contribution < -0.4 is 0 Å². The highest BCUT2D eigenvalue weighted by Crippen LogP contribution is 2.56. The molecule has 14 heavy (non-hydrogen) atoms. The Bertz CT molecular complexity index is 318. The summed E-state index contributed by atoms with van der Waals surface area (Å²) in [6, 6.07) is 2.15. The van der Waals surface area contributed by atoms with Gasteiger partial charge in [-0.1, -0.05) is 20.3 Å². The average Bonchev–Trinajstić information content (AvgIpc) is 2.68. The molecule has 2 heteroatoms. The molecule has 1 heterocycles. The van der Waals surface area contributed by atoms with E-state index in [2.05, 4.69) is 25.3 Å². The fraction of sp³-hybridized carbons (Fsp3) is 0.667. The maximum Gasteiger partial charge on any atom is 0.102 e. The summed E-state index contributed by atoms with van der Waals surface area (Å²) in [4.78, 5) is 1.23. The van der Waals surface area contributed by atoms with Crippen LogP contribution in [0.5, 0.6) is 0 Å². The molecule has 1 aromatic heterocycles. The zero-order valence-corrected chi connectivity index (χ0v) is 9.73. The van der Waals surface area contributed by atoms with E-state index in [-0.39, 0.29) is 0 Å². The van der Waals surface area contributed by atoms with Crippen molar-refractivity contribution in [2.45, 2.75) is 45.1 Å². The summed E-state index contributed by atoms with van der Waals surface area (Å²) in [5.41, 5.74) is 0.895. The maximum absolute atomic E-state index is 10.4. The van der Waals surface area contributed by atoms with Crippen molar-refractivity contribution < 1.29 is 5.11 Å². The minimum Gasteiger partial charge on any atom is -0.384 e. The fourth-order valence-electron chi connectivity index (χ4n) is 2.28. The van der Waals surface area contributed by atoms with Crippen LogP contribution in [0.4, 0.5) is 0 Å². The molecule has 0 amide bonds. The fourth-order valence-corrected chi connectivity index (χ4v) is 3.46. The van der Waals surface area contributed by atoms with Crippen LogP contribution in [0.15, 0.2) is 11.4 Å². The summed E-state index contributed by atoms with van der Waals surface area (Å²) in [5, 5.41) is 12.5. The molecule has 1 saturated carbocycles. The van der Waals surface area contributed by atoms with Crippen molar-refractivity contribution in [1.29, 1.82) is 0 Å². The van der Waals surface area contributed by atoms with Crippen LogP contribution in [-0.4, -0.2) is 5.11 Å². The van der Waals surface area contributed by atoms with E-state index >= 15 is 0 Å². The second-order valence-electron chi connectivity index (χ2n) is 4.24. The maximum atomic E-state index is 10.4. The molecule has 0 aliphatic heterocycles. The van der Waals surface area contributed by atoms with Gasteiger partial charge in [-0.05, 0) is 42.2 Å². The molecule has 2 unspecified atom stereocenters. The Labute approximate surface area is 89.8 Å². The molecule has 2 atom stereocenters. The summed E-state index contributed by atoms with van der Waals surface area (Å²) in [7, 11) is 0. The van der Waals surface area contributed by atoms with Crippen molar-refractivity contribution in [3.05, 3.63) is 21.9 Å². The molecule has 2 rings (SSSR count). The molecule has 0 spiro atoms. The van der Waals surface area contributed by atoms with E-state index < -0.39 is 5.60 Å². The standard InChI is InChI=1S/C12H18OS/c1-3-5-10-8-12(10,13)11-9(4-2)6-7-14-11/h6-7,10,13H,3-5,8H2,1-2H3. The SMILES string of the molecule is CCCC1CC1(O)c1sccc1CC. The summed E-state index contributed by atoms with van der Waals surface area (Å²) in [6.45, 7) is 4.35. The molecule has 0 saturated heterocycles. The van der Waals surface area contributed by atoms with Crippen LogP contribution in [-0.2, 0) is 12.0 Å². The Morgan fingerprint density at radius 3 is 3.00 bits per heavy atom. The molecular formula is C12H18OS. The number of rotatable bonds is 4. The largest absolute Gasteiger partial charge is 0.384 e. The molecule has 1 aromatic rings. The minimum atomic E-state index is -0.449. The molecule has 0 bridgehead atoms. The molecule has 1 N–H and O–H groups in total. The second kappa shape index (κ2) is 3.67. The summed E-state index contributed by atoms with van der Waals surface area (Å²) < 4.78 is 0. The lowest BCUT2D eigenvalue weighted by Crippen LogP contribution is -2.08. The molecule has 0 aromatic carbocycles. The van der Waals surface area contributed by atoms with Gasteiger partial charge in [0.25, 0.3) is 0 Å². The molecular weight excluding hydrogens is 192 g/mol. The van der Waals surface area contributed by atoms with Crippen molar-refractivity contribution in [1.82, 2.24) is 0 Å². The van der Waals surface area contributed by atoms with Gasteiger partial charge >= 0.3 is 0 Å². The van der Waals surface area contributed by atoms with Gasteiger partial charge in [0.2, 0.25) is 0 Å². The lowest BCUT2D eigenvalue weighted by atomic mass is 10.1. The van der Waals surface area contributed by atoms with Crippen LogP contribution in [0.3, 0.4) is 0 Å². The predicted octanol–water partition coefficient (Wildman–Crippen LogP) is 3.32. The number of aliphatic hydroxyl groups is 1. The van der Waals surface area contributed by atoms with Crippen LogP contribution in [0, 0.1) is 5.92 Å². The van der Waals surface area contributed by atoms with E-state index in [9.17, 15) is 5.11 Å². The third kappa shape index (κ3) is 1.51. The third-order valence-electron chi connectivity index (χ3n) is 3.23. The lowest BCUT2D eigenvalue weighted by molar-refractivity contribution is 0.132. The first-order valence-corrected chi connectivity index (χ1v) is 6.39. The Morgan fingerprint density at radius 1 is 1.57 bits per heavy atom. The summed E-state index contributed by atoms with van der Waals surface area (Å²) in [5.74, 6) is 0.524. The van der Waals surface area contributed by atoms with Crippen LogP contribution in [0.1, 0.15) is 43.6 Å². The highest BCUT2D eigenvalue weighted by atomic mass is 32.1. The van der Waals surface area contributed by atoms with Crippen molar-refractivity contribution in [2.24, 2.45) is 5.92 Å². The second-order valence-corrected chi connectivity index (χ2v) is 5.16. The molecule has 1 nitrogen and oxygen atoms in total.